The van der Waals surface area contributed by atoms with Crippen LogP contribution in [0, 0.1) is 14.9 Å². The van der Waals surface area contributed by atoms with Crippen LogP contribution in [0.3, 0.4) is 0 Å². The zero-order valence-electron chi connectivity index (χ0n) is 7.28. The molecule has 1 aromatic carbocycles. The quantitative estimate of drug-likeness (QED) is 0.592. The molecule has 0 aliphatic carbocycles. The summed E-state index contributed by atoms with van der Waals surface area (Å²) in [5.41, 5.74) is 0.520. The Balaban J connectivity index is 2.88. The van der Waals surface area contributed by atoms with E-state index < -0.39 is 10.1 Å². The number of alkyl halides is 1. The Hall–Kier alpha value is -0.560. The predicted octanol–water partition coefficient (Wildman–Crippen LogP) is 2.39. The van der Waals surface area contributed by atoms with Gasteiger partial charge in [-0.15, -0.1) is 0 Å². The van der Waals surface area contributed by atoms with Crippen molar-refractivity contribution in [2.45, 2.75) is 4.11 Å². The first-order valence-electron chi connectivity index (χ1n) is 3.78. The molecule has 0 aromatic heterocycles. The summed E-state index contributed by atoms with van der Waals surface area (Å²) in [6, 6.07) is 6.81. The fourth-order valence-corrected chi connectivity index (χ4v) is 1.74. The van der Waals surface area contributed by atoms with Crippen LogP contribution in [-0.4, -0.2) is 15.2 Å². The van der Waals surface area contributed by atoms with E-state index in [9.17, 15) is 4.79 Å². The third-order valence-electron chi connectivity index (χ3n) is 1.49. The maximum atomic E-state index is 10.6. The Morgan fingerprint density at radius 3 is 2.73 bits per heavy atom. The van der Waals surface area contributed by atoms with Gasteiger partial charge in [0.15, 0.2) is 0 Å². The van der Waals surface area contributed by atoms with E-state index in [2.05, 4.69) is 0 Å². The largest absolute Gasteiger partial charge is 0.478 e. The Labute approximate surface area is 114 Å². The van der Waals surface area contributed by atoms with Crippen LogP contribution in [-0.2, 0) is 4.79 Å². The lowest BCUT2D eigenvalue weighted by molar-refractivity contribution is -0.140. The second-order valence-corrected chi connectivity index (χ2v) is 4.82. The first kappa shape index (κ1) is 12.5. The van der Waals surface area contributed by atoms with Gasteiger partial charge >= 0.3 is 5.97 Å². The molecule has 1 N–H and O–H groups in total. The number of carbonyl (C=O) groups is 1. The molecule has 0 aliphatic heterocycles. The van der Waals surface area contributed by atoms with Crippen molar-refractivity contribution in [1.82, 2.24) is 0 Å². The Morgan fingerprint density at radius 1 is 1.60 bits per heavy atom. The molecule has 1 aromatic rings. The highest BCUT2D eigenvalue weighted by Crippen LogP contribution is 2.24. The summed E-state index contributed by atoms with van der Waals surface area (Å²) >= 11 is 3.67. The standard InChI is InChI=1S/C9H5I2NO3/c10-6-3-5(4-12)1-2-7(6)15-8(11)9(13)14/h1-3,8H,(H,13,14). The first-order chi connectivity index (χ1) is 7.04. The number of hydrogen-bond acceptors (Lipinski definition) is 3. The fraction of sp³-hybridized carbons (Fsp3) is 0.111. The molecule has 0 amide bonds. The SMILES string of the molecule is N#Cc1ccc(OC(I)C(=O)O)c(I)c1. The lowest BCUT2D eigenvalue weighted by Crippen LogP contribution is -2.19. The van der Waals surface area contributed by atoms with Crippen LogP contribution in [0.25, 0.3) is 0 Å². The van der Waals surface area contributed by atoms with Crippen molar-refractivity contribution in [2.75, 3.05) is 0 Å². The zero-order valence-corrected chi connectivity index (χ0v) is 11.6. The highest BCUT2D eigenvalue weighted by atomic mass is 127. The van der Waals surface area contributed by atoms with Crippen molar-refractivity contribution in [1.29, 1.82) is 5.26 Å². The molecule has 0 spiro atoms. The predicted molar refractivity (Wildman–Crippen MR) is 69.9 cm³/mol. The van der Waals surface area contributed by atoms with E-state index in [1.54, 1.807) is 40.8 Å². The molecule has 0 saturated heterocycles. The minimum absolute atomic E-state index is 0.469. The van der Waals surface area contributed by atoms with E-state index in [-0.39, 0.29) is 0 Å². The fourth-order valence-electron chi connectivity index (χ4n) is 0.828. The summed E-state index contributed by atoms with van der Waals surface area (Å²) in [6.07, 6.45) is 0. The molecule has 1 unspecified atom stereocenters. The Morgan fingerprint density at radius 2 is 2.27 bits per heavy atom. The highest BCUT2D eigenvalue weighted by molar-refractivity contribution is 14.1. The van der Waals surface area contributed by atoms with Gasteiger partial charge in [0.2, 0.25) is 4.11 Å². The van der Waals surface area contributed by atoms with Crippen molar-refractivity contribution in [3.8, 4) is 11.8 Å². The van der Waals surface area contributed by atoms with Crippen molar-refractivity contribution >= 4 is 51.2 Å². The molecule has 1 atom stereocenters. The summed E-state index contributed by atoms with van der Waals surface area (Å²) in [5, 5.41) is 17.3. The summed E-state index contributed by atoms with van der Waals surface area (Å²) in [4.78, 5) is 10.6. The average Bonchev–Trinajstić information content (AvgIpc) is 2.20. The molecular formula is C9H5I2NO3. The van der Waals surface area contributed by atoms with Gasteiger partial charge in [0.1, 0.15) is 5.75 Å². The van der Waals surface area contributed by atoms with Crippen LogP contribution in [0.2, 0.25) is 0 Å². The van der Waals surface area contributed by atoms with E-state index in [0.717, 1.165) is 3.57 Å². The van der Waals surface area contributed by atoms with Crippen LogP contribution < -0.4 is 4.74 Å². The number of benzene rings is 1. The highest BCUT2D eigenvalue weighted by Gasteiger charge is 2.15. The molecule has 15 heavy (non-hydrogen) atoms. The van der Waals surface area contributed by atoms with Crippen LogP contribution in [0.5, 0.6) is 5.75 Å². The summed E-state index contributed by atoms with van der Waals surface area (Å²) in [5.74, 6) is -0.563. The Bertz CT molecular complexity index is 428. The van der Waals surface area contributed by atoms with Gasteiger partial charge in [-0.25, -0.2) is 4.79 Å². The van der Waals surface area contributed by atoms with Gasteiger partial charge in [0, 0.05) is 0 Å². The molecule has 0 aliphatic rings. The van der Waals surface area contributed by atoms with E-state index >= 15 is 0 Å². The average molecular weight is 429 g/mol. The zero-order chi connectivity index (χ0) is 11.4. The third kappa shape index (κ3) is 3.49. The van der Waals surface area contributed by atoms with Crippen molar-refractivity contribution < 1.29 is 14.6 Å². The molecular weight excluding hydrogens is 424 g/mol. The number of ether oxygens (including phenoxy) is 1. The van der Waals surface area contributed by atoms with Gasteiger partial charge in [-0.1, -0.05) is 0 Å². The number of carboxylic acids is 1. The Kier molecular flexibility index (Phi) is 4.59. The number of aliphatic carboxylic acids is 1. The second kappa shape index (κ2) is 5.50. The van der Waals surface area contributed by atoms with Crippen LogP contribution in [0.4, 0.5) is 0 Å². The van der Waals surface area contributed by atoms with Gasteiger partial charge in [-0.3, -0.25) is 0 Å². The third-order valence-corrected chi connectivity index (χ3v) is 3.12. The minimum atomic E-state index is -1.03. The summed E-state index contributed by atoms with van der Waals surface area (Å²) in [7, 11) is 0. The first-order valence-corrected chi connectivity index (χ1v) is 6.10. The van der Waals surface area contributed by atoms with Crippen molar-refractivity contribution in [3.05, 3.63) is 27.3 Å². The number of nitrogens with zero attached hydrogens (tertiary/aromatic N) is 1. The number of carboxylic acid groups (broad SMARTS) is 1. The van der Waals surface area contributed by atoms with Crippen molar-refractivity contribution in [2.24, 2.45) is 0 Å². The van der Waals surface area contributed by atoms with Crippen molar-refractivity contribution in [3.63, 3.8) is 0 Å². The number of hydrogen-bond donors (Lipinski definition) is 1. The maximum Gasteiger partial charge on any atom is 0.355 e. The molecule has 0 bridgehead atoms. The van der Waals surface area contributed by atoms with Gasteiger partial charge in [-0.2, -0.15) is 5.26 Å². The second-order valence-electron chi connectivity index (χ2n) is 2.53. The number of halogens is 2. The molecule has 0 saturated carbocycles. The molecule has 1 rings (SSSR count). The number of nitriles is 1. The lowest BCUT2D eigenvalue weighted by atomic mass is 10.2. The van der Waals surface area contributed by atoms with E-state index in [4.69, 9.17) is 15.1 Å². The molecule has 6 heteroatoms. The molecule has 78 valence electrons. The normalized spacial score (nSPS) is 11.5. The smallest absolute Gasteiger partial charge is 0.355 e. The van der Waals surface area contributed by atoms with Gasteiger partial charge in [-0.05, 0) is 63.4 Å². The summed E-state index contributed by atoms with van der Waals surface area (Å²) < 4.78 is 4.97. The molecule has 0 heterocycles. The monoisotopic (exact) mass is 429 g/mol. The lowest BCUT2D eigenvalue weighted by Gasteiger charge is -2.10. The molecule has 0 fully saturated rings. The van der Waals surface area contributed by atoms with Crippen LogP contribution in [0.15, 0.2) is 18.2 Å². The van der Waals surface area contributed by atoms with Gasteiger partial charge in [0.25, 0.3) is 0 Å². The minimum Gasteiger partial charge on any atom is -0.478 e. The topological polar surface area (TPSA) is 70.3 Å². The van der Waals surface area contributed by atoms with E-state index in [0.29, 0.717) is 11.3 Å². The van der Waals surface area contributed by atoms with Gasteiger partial charge < -0.3 is 9.84 Å². The molecule has 4 nitrogen and oxygen atoms in total. The van der Waals surface area contributed by atoms with Crippen LogP contribution in [0.1, 0.15) is 5.56 Å². The summed E-state index contributed by atoms with van der Waals surface area (Å²) in [6.45, 7) is 0. The number of rotatable bonds is 3. The van der Waals surface area contributed by atoms with Crippen LogP contribution >= 0.6 is 45.2 Å². The van der Waals surface area contributed by atoms with E-state index in [1.165, 1.54) is 0 Å². The van der Waals surface area contributed by atoms with E-state index in [1.807, 2.05) is 28.7 Å². The molecule has 0 radical (unpaired) electrons. The maximum absolute atomic E-state index is 10.6. The van der Waals surface area contributed by atoms with Gasteiger partial charge in [0.05, 0.1) is 15.2 Å².